The number of nitrogens with zero attached hydrogens (tertiary/aromatic N) is 2. The lowest BCUT2D eigenvalue weighted by Crippen LogP contribution is -2.28. The van der Waals surface area contributed by atoms with Crippen LogP contribution in [0.1, 0.15) is 4.88 Å². The summed E-state index contributed by atoms with van der Waals surface area (Å²) < 4.78 is 40.0. The van der Waals surface area contributed by atoms with Crippen LogP contribution in [0, 0.1) is 12.7 Å². The number of nitrogens with one attached hydrogen (secondary N) is 2. The first-order valence-electron chi connectivity index (χ1n) is 7.84. The maximum Gasteiger partial charge on any atom is 0.250 e. The summed E-state index contributed by atoms with van der Waals surface area (Å²) in [4.78, 5) is 0.944. The third kappa shape index (κ3) is 4.63. The molecule has 0 amide bonds. The van der Waals surface area contributed by atoms with Gasteiger partial charge in [-0.05, 0) is 55.5 Å². The summed E-state index contributed by atoms with van der Waals surface area (Å²) >= 11 is 1.23. The van der Waals surface area contributed by atoms with Crippen molar-refractivity contribution in [3.8, 4) is 11.3 Å². The van der Waals surface area contributed by atoms with Gasteiger partial charge in [0.25, 0.3) is 0 Å². The van der Waals surface area contributed by atoms with Crippen LogP contribution in [0.2, 0.25) is 0 Å². The predicted octanol–water partition coefficient (Wildman–Crippen LogP) is 3.04. The van der Waals surface area contributed by atoms with Crippen LogP contribution < -0.4 is 10.0 Å². The third-order valence-electron chi connectivity index (χ3n) is 3.51. The van der Waals surface area contributed by atoms with Gasteiger partial charge in [0.2, 0.25) is 10.0 Å². The second-order valence-electron chi connectivity index (χ2n) is 5.50. The Morgan fingerprint density at radius 3 is 2.38 bits per heavy atom. The number of hydrogen-bond donors (Lipinski definition) is 2. The zero-order chi connectivity index (χ0) is 18.6. The fourth-order valence-electron chi connectivity index (χ4n) is 2.20. The molecule has 2 aromatic heterocycles. The van der Waals surface area contributed by atoms with E-state index in [2.05, 4.69) is 20.2 Å². The number of sulfonamides is 1. The van der Waals surface area contributed by atoms with Crippen molar-refractivity contribution in [2.75, 3.05) is 18.4 Å². The van der Waals surface area contributed by atoms with Crippen LogP contribution in [0.3, 0.4) is 0 Å². The molecule has 0 saturated heterocycles. The van der Waals surface area contributed by atoms with Gasteiger partial charge in [0.05, 0.1) is 5.69 Å². The van der Waals surface area contributed by atoms with Gasteiger partial charge < -0.3 is 5.32 Å². The summed E-state index contributed by atoms with van der Waals surface area (Å²) in [5.74, 6) is 0.224. The van der Waals surface area contributed by atoms with Gasteiger partial charge in [-0.2, -0.15) is 0 Å². The number of benzene rings is 1. The van der Waals surface area contributed by atoms with Gasteiger partial charge in [0, 0.05) is 23.5 Å². The lowest BCUT2D eigenvalue weighted by Gasteiger charge is -2.07. The van der Waals surface area contributed by atoms with Gasteiger partial charge in [-0.15, -0.1) is 21.5 Å². The van der Waals surface area contributed by atoms with Gasteiger partial charge in [0.15, 0.2) is 0 Å². The SMILES string of the molecule is Cc1ccc(S(=O)(=O)NCCNc2ccc(-c3ccc(F)cc3)nn2)s1. The average Bonchev–Trinajstić information content (AvgIpc) is 3.07. The van der Waals surface area contributed by atoms with Crippen LogP contribution in [0.4, 0.5) is 10.2 Å². The van der Waals surface area contributed by atoms with Gasteiger partial charge in [-0.1, -0.05) is 0 Å². The van der Waals surface area contributed by atoms with Gasteiger partial charge >= 0.3 is 0 Å². The second-order valence-corrected chi connectivity index (χ2v) is 8.78. The maximum absolute atomic E-state index is 12.9. The molecule has 136 valence electrons. The molecule has 0 spiro atoms. The fourth-order valence-corrected chi connectivity index (χ4v) is 4.56. The van der Waals surface area contributed by atoms with E-state index < -0.39 is 10.0 Å². The van der Waals surface area contributed by atoms with Crippen molar-refractivity contribution in [1.82, 2.24) is 14.9 Å². The minimum absolute atomic E-state index is 0.223. The third-order valence-corrected chi connectivity index (χ3v) is 6.46. The van der Waals surface area contributed by atoms with E-state index >= 15 is 0 Å². The molecule has 0 atom stereocenters. The molecule has 3 rings (SSSR count). The highest BCUT2D eigenvalue weighted by Gasteiger charge is 2.15. The van der Waals surface area contributed by atoms with Crippen molar-refractivity contribution >= 4 is 27.2 Å². The average molecular weight is 392 g/mol. The number of rotatable bonds is 7. The van der Waals surface area contributed by atoms with E-state index in [0.717, 1.165) is 10.4 Å². The highest BCUT2D eigenvalue weighted by atomic mass is 32.2. The fraction of sp³-hybridized carbons (Fsp3) is 0.176. The minimum atomic E-state index is -3.48. The molecule has 0 radical (unpaired) electrons. The normalized spacial score (nSPS) is 11.5. The minimum Gasteiger partial charge on any atom is -0.367 e. The molecule has 0 unspecified atom stereocenters. The smallest absolute Gasteiger partial charge is 0.250 e. The first-order chi connectivity index (χ1) is 12.4. The predicted molar refractivity (Wildman–Crippen MR) is 100 cm³/mol. The molecular weight excluding hydrogens is 375 g/mol. The zero-order valence-corrected chi connectivity index (χ0v) is 15.6. The largest absolute Gasteiger partial charge is 0.367 e. The lowest BCUT2D eigenvalue weighted by atomic mass is 10.1. The second kappa shape index (κ2) is 7.90. The van der Waals surface area contributed by atoms with Crippen molar-refractivity contribution in [1.29, 1.82) is 0 Å². The quantitative estimate of drug-likeness (QED) is 0.604. The molecule has 0 fully saturated rings. The van der Waals surface area contributed by atoms with E-state index in [9.17, 15) is 12.8 Å². The Morgan fingerprint density at radius 2 is 1.77 bits per heavy atom. The van der Waals surface area contributed by atoms with Gasteiger partial charge in [-0.25, -0.2) is 17.5 Å². The number of halogens is 1. The number of hydrogen-bond acceptors (Lipinski definition) is 6. The van der Waals surface area contributed by atoms with Gasteiger partial charge in [0.1, 0.15) is 15.8 Å². The molecule has 0 saturated carbocycles. The Bertz CT molecular complexity index is 971. The summed E-state index contributed by atoms with van der Waals surface area (Å²) in [5.41, 5.74) is 1.40. The van der Waals surface area contributed by atoms with E-state index in [4.69, 9.17) is 0 Å². The topological polar surface area (TPSA) is 84.0 Å². The van der Waals surface area contributed by atoms with Crippen molar-refractivity contribution in [2.24, 2.45) is 0 Å². The Labute approximate surface area is 155 Å². The standard InChI is InChI=1S/C17H17FN4O2S2/c1-12-2-9-17(25-12)26(23,24)20-11-10-19-16-8-7-15(21-22-16)13-3-5-14(18)6-4-13/h2-9,20H,10-11H2,1H3,(H,19,22). The Balaban J connectivity index is 1.51. The number of thiophene rings is 1. The van der Waals surface area contributed by atoms with E-state index in [1.165, 1.54) is 23.5 Å². The highest BCUT2D eigenvalue weighted by molar-refractivity contribution is 7.91. The van der Waals surface area contributed by atoms with Gasteiger partial charge in [-0.3, -0.25) is 0 Å². The summed E-state index contributed by atoms with van der Waals surface area (Å²) in [5, 5.41) is 11.1. The Hall–Kier alpha value is -2.36. The highest BCUT2D eigenvalue weighted by Crippen LogP contribution is 2.20. The molecule has 1 aromatic carbocycles. The van der Waals surface area contributed by atoms with Crippen LogP contribution in [0.5, 0.6) is 0 Å². The molecule has 26 heavy (non-hydrogen) atoms. The van der Waals surface area contributed by atoms with Crippen molar-refractivity contribution < 1.29 is 12.8 Å². The zero-order valence-electron chi connectivity index (χ0n) is 13.9. The number of aryl methyl sites for hydroxylation is 1. The molecule has 9 heteroatoms. The van der Waals surface area contributed by atoms with E-state index in [1.807, 2.05) is 6.92 Å². The molecule has 0 bridgehead atoms. The molecule has 6 nitrogen and oxygen atoms in total. The van der Waals surface area contributed by atoms with Crippen LogP contribution >= 0.6 is 11.3 Å². The molecule has 0 aliphatic heterocycles. The van der Waals surface area contributed by atoms with Crippen LogP contribution in [0.25, 0.3) is 11.3 Å². The molecule has 2 heterocycles. The first-order valence-corrected chi connectivity index (χ1v) is 10.1. The van der Waals surface area contributed by atoms with E-state index in [-0.39, 0.29) is 12.4 Å². The van der Waals surface area contributed by atoms with Crippen LogP contribution in [-0.2, 0) is 10.0 Å². The molecular formula is C17H17FN4O2S2. The van der Waals surface area contributed by atoms with E-state index in [0.29, 0.717) is 22.3 Å². The molecule has 0 aliphatic rings. The Morgan fingerprint density at radius 1 is 1.00 bits per heavy atom. The number of anilines is 1. The number of aromatic nitrogens is 2. The van der Waals surface area contributed by atoms with E-state index in [1.54, 1.807) is 36.4 Å². The van der Waals surface area contributed by atoms with Crippen molar-refractivity contribution in [3.05, 3.63) is 59.2 Å². The maximum atomic E-state index is 12.9. The monoisotopic (exact) mass is 392 g/mol. The van der Waals surface area contributed by atoms with Crippen LogP contribution in [0.15, 0.2) is 52.7 Å². The molecule has 3 aromatic rings. The summed E-state index contributed by atoms with van der Waals surface area (Å²) in [6, 6.07) is 12.9. The van der Waals surface area contributed by atoms with Crippen molar-refractivity contribution in [2.45, 2.75) is 11.1 Å². The summed E-state index contributed by atoms with van der Waals surface area (Å²) in [6.07, 6.45) is 0. The first kappa shape index (κ1) is 18.4. The summed E-state index contributed by atoms with van der Waals surface area (Å²) in [7, 11) is -3.48. The molecule has 2 N–H and O–H groups in total. The van der Waals surface area contributed by atoms with Crippen molar-refractivity contribution in [3.63, 3.8) is 0 Å². The molecule has 0 aliphatic carbocycles. The lowest BCUT2D eigenvalue weighted by molar-refractivity contribution is 0.585. The van der Waals surface area contributed by atoms with Crippen LogP contribution in [-0.4, -0.2) is 31.7 Å². The summed E-state index contributed by atoms with van der Waals surface area (Å²) in [6.45, 7) is 2.45. The Kier molecular flexibility index (Phi) is 5.60.